The first-order valence-corrected chi connectivity index (χ1v) is 12.0. The minimum absolute atomic E-state index is 0. The van der Waals surface area contributed by atoms with Crippen LogP contribution in [0.3, 0.4) is 0 Å². The molecule has 0 saturated heterocycles. The highest BCUT2D eigenvalue weighted by Gasteiger charge is 2.28. The van der Waals surface area contributed by atoms with Crippen LogP contribution in [0.1, 0.15) is 96.1 Å². The molecule has 0 fully saturated rings. The van der Waals surface area contributed by atoms with Crippen molar-refractivity contribution in [3.8, 4) is 5.75 Å². The van der Waals surface area contributed by atoms with E-state index in [0.29, 0.717) is 17.7 Å². The monoisotopic (exact) mass is 537 g/mol. The standard InChI is InChI=1S/C27H43N3O3.BrH/c1-10-27(11-2,33-9)12-13-29-14-15-30(24(29)28)18-22(31)19-16-20(25(3,4)5)23(32)21(17-19)26(6,7)8;/h14-17,28,32H,10-13,18H2,1-9H3;1H. The third-order valence-electron chi connectivity index (χ3n) is 6.86. The molecule has 1 heterocycles. The molecule has 6 nitrogen and oxygen atoms in total. The van der Waals surface area contributed by atoms with E-state index in [2.05, 4.69) is 13.8 Å². The third kappa shape index (κ3) is 6.63. The Balaban J connectivity index is 0.00000578. The van der Waals surface area contributed by atoms with E-state index in [1.807, 2.05) is 64.4 Å². The second-order valence-electron chi connectivity index (χ2n) is 11.1. The zero-order valence-corrected chi connectivity index (χ0v) is 24.1. The summed E-state index contributed by atoms with van der Waals surface area (Å²) in [4.78, 5) is 13.3. The Morgan fingerprint density at radius 3 is 1.85 bits per heavy atom. The number of phenols is 1. The second-order valence-corrected chi connectivity index (χ2v) is 11.1. The molecule has 34 heavy (non-hydrogen) atoms. The third-order valence-corrected chi connectivity index (χ3v) is 6.86. The Morgan fingerprint density at radius 2 is 1.44 bits per heavy atom. The lowest BCUT2D eigenvalue weighted by atomic mass is 9.78. The lowest BCUT2D eigenvalue weighted by Gasteiger charge is -2.30. The number of methoxy groups -OCH3 is 1. The lowest BCUT2D eigenvalue weighted by Crippen LogP contribution is -2.34. The minimum Gasteiger partial charge on any atom is -0.507 e. The highest BCUT2D eigenvalue weighted by atomic mass is 79.9. The number of ether oxygens (including phenoxy) is 1. The molecule has 0 bridgehead atoms. The van der Waals surface area contributed by atoms with Gasteiger partial charge in [-0.3, -0.25) is 10.2 Å². The zero-order chi connectivity index (χ0) is 25.2. The van der Waals surface area contributed by atoms with E-state index in [0.717, 1.165) is 30.4 Å². The number of aromatic nitrogens is 2. The van der Waals surface area contributed by atoms with Crippen molar-refractivity contribution in [3.05, 3.63) is 46.8 Å². The quantitative estimate of drug-likeness (QED) is 0.377. The maximum absolute atomic E-state index is 13.3. The summed E-state index contributed by atoms with van der Waals surface area (Å²) < 4.78 is 9.30. The number of rotatable bonds is 9. The van der Waals surface area contributed by atoms with Crippen molar-refractivity contribution in [2.75, 3.05) is 7.11 Å². The van der Waals surface area contributed by atoms with Crippen LogP contribution in [-0.2, 0) is 28.7 Å². The molecule has 2 N–H and O–H groups in total. The number of carbonyl (C=O) groups is 1. The molecule has 1 aromatic carbocycles. The average molecular weight is 539 g/mol. The van der Waals surface area contributed by atoms with E-state index >= 15 is 0 Å². The van der Waals surface area contributed by atoms with Crippen LogP contribution in [0.15, 0.2) is 24.5 Å². The smallest absolute Gasteiger partial charge is 0.202 e. The molecule has 0 atom stereocenters. The summed E-state index contributed by atoms with van der Waals surface area (Å²) in [6.07, 6.45) is 6.30. The summed E-state index contributed by atoms with van der Waals surface area (Å²) in [6.45, 7) is 17.2. The fourth-order valence-corrected chi connectivity index (χ4v) is 4.28. The predicted octanol–water partition coefficient (Wildman–Crippen LogP) is 6.13. The van der Waals surface area contributed by atoms with Crippen LogP contribution in [0.25, 0.3) is 0 Å². The van der Waals surface area contributed by atoms with Gasteiger partial charge in [-0.25, -0.2) is 0 Å². The molecule has 0 aliphatic carbocycles. The van der Waals surface area contributed by atoms with Gasteiger partial charge in [-0.15, -0.1) is 17.0 Å². The van der Waals surface area contributed by atoms with Crippen LogP contribution in [-0.4, -0.2) is 32.7 Å². The molecule has 0 saturated carbocycles. The number of aromatic hydroxyl groups is 1. The van der Waals surface area contributed by atoms with E-state index in [4.69, 9.17) is 10.1 Å². The van der Waals surface area contributed by atoms with Crippen LogP contribution in [0.2, 0.25) is 0 Å². The fraction of sp³-hybridized carbons (Fsp3) is 0.630. The van der Waals surface area contributed by atoms with Gasteiger partial charge in [-0.05, 0) is 42.2 Å². The van der Waals surface area contributed by atoms with E-state index in [-0.39, 0.29) is 51.5 Å². The molecule has 0 radical (unpaired) electrons. The SMILES string of the molecule is Br.CCC(CC)(CCn1ccn(CC(=O)c2cc(C(C)(C)C)c(O)c(C(C)(C)C)c2)c1=N)OC. The van der Waals surface area contributed by atoms with E-state index in [1.165, 1.54) is 0 Å². The number of carbonyl (C=O) groups excluding carboxylic acids is 1. The number of Topliss-reactive ketones (excluding diaryl/α,β-unsaturated/α-hetero) is 1. The number of hydrogen-bond acceptors (Lipinski definition) is 4. The van der Waals surface area contributed by atoms with E-state index in [1.54, 1.807) is 17.9 Å². The number of ketones is 1. The van der Waals surface area contributed by atoms with Crippen molar-refractivity contribution >= 4 is 22.8 Å². The Kier molecular flexibility index (Phi) is 9.99. The topological polar surface area (TPSA) is 80.2 Å². The summed E-state index contributed by atoms with van der Waals surface area (Å²) >= 11 is 0. The van der Waals surface area contributed by atoms with Crippen molar-refractivity contribution in [2.45, 2.75) is 104 Å². The lowest BCUT2D eigenvalue weighted by molar-refractivity contribution is -0.0270. The van der Waals surface area contributed by atoms with Crippen molar-refractivity contribution in [2.24, 2.45) is 0 Å². The van der Waals surface area contributed by atoms with Gasteiger partial charge in [0.25, 0.3) is 0 Å². The summed E-state index contributed by atoms with van der Waals surface area (Å²) in [6, 6.07) is 3.62. The van der Waals surface area contributed by atoms with Gasteiger partial charge < -0.3 is 19.0 Å². The molecule has 0 unspecified atom stereocenters. The highest BCUT2D eigenvalue weighted by molar-refractivity contribution is 8.93. The van der Waals surface area contributed by atoms with Crippen LogP contribution >= 0.6 is 17.0 Å². The number of nitrogens with one attached hydrogen (secondary N) is 1. The van der Waals surface area contributed by atoms with Crippen LogP contribution in [0, 0.1) is 5.41 Å². The highest BCUT2D eigenvalue weighted by Crippen LogP contribution is 2.39. The number of imidazole rings is 1. The Morgan fingerprint density at radius 1 is 0.971 bits per heavy atom. The van der Waals surface area contributed by atoms with E-state index in [9.17, 15) is 9.90 Å². The zero-order valence-electron chi connectivity index (χ0n) is 22.4. The van der Waals surface area contributed by atoms with Gasteiger partial charge in [0.1, 0.15) is 5.75 Å². The number of halogens is 1. The van der Waals surface area contributed by atoms with Gasteiger partial charge in [0, 0.05) is 42.7 Å². The number of aryl methyl sites for hydroxylation is 1. The first-order chi connectivity index (χ1) is 15.2. The van der Waals surface area contributed by atoms with Gasteiger partial charge in [-0.2, -0.15) is 0 Å². The number of phenolic OH excluding ortho intramolecular Hbond substituents is 1. The second kappa shape index (κ2) is 11.3. The first-order valence-electron chi connectivity index (χ1n) is 12.0. The molecule has 7 heteroatoms. The Labute approximate surface area is 215 Å². The number of benzene rings is 1. The molecular formula is C27H44BrN3O3. The molecule has 2 aromatic rings. The molecule has 1 aromatic heterocycles. The first kappa shape index (κ1) is 30.2. The van der Waals surface area contributed by atoms with Gasteiger partial charge in [0.05, 0.1) is 12.1 Å². The van der Waals surface area contributed by atoms with Gasteiger partial charge in [-0.1, -0.05) is 55.4 Å². The molecule has 192 valence electrons. The summed E-state index contributed by atoms with van der Waals surface area (Å²) in [5, 5.41) is 19.5. The number of nitrogens with zero attached hydrogens (tertiary/aromatic N) is 2. The molecule has 2 rings (SSSR count). The van der Waals surface area contributed by atoms with Gasteiger partial charge in [0.15, 0.2) is 5.78 Å². The molecule has 0 aliphatic heterocycles. The van der Waals surface area contributed by atoms with Crippen LogP contribution in [0.5, 0.6) is 5.75 Å². The van der Waals surface area contributed by atoms with Gasteiger partial charge >= 0.3 is 0 Å². The predicted molar refractivity (Wildman–Crippen MR) is 143 cm³/mol. The normalized spacial score (nSPS) is 12.5. The summed E-state index contributed by atoms with van der Waals surface area (Å²) in [7, 11) is 1.75. The maximum Gasteiger partial charge on any atom is 0.202 e. The average Bonchev–Trinajstić information content (AvgIpc) is 3.07. The number of hydrogen-bond donors (Lipinski definition) is 2. The maximum atomic E-state index is 13.3. The van der Waals surface area contributed by atoms with Crippen molar-refractivity contribution < 1.29 is 14.6 Å². The van der Waals surface area contributed by atoms with Crippen LogP contribution in [0.4, 0.5) is 0 Å². The summed E-state index contributed by atoms with van der Waals surface area (Å²) in [5.41, 5.74) is 1.61. The molecule has 0 aliphatic rings. The Hall–Kier alpha value is -1.86. The van der Waals surface area contributed by atoms with Gasteiger partial charge in [0.2, 0.25) is 5.62 Å². The van der Waals surface area contributed by atoms with Crippen molar-refractivity contribution in [3.63, 3.8) is 0 Å². The Bertz CT molecular complexity index is 991. The molecule has 0 spiro atoms. The van der Waals surface area contributed by atoms with E-state index < -0.39 is 0 Å². The molecular weight excluding hydrogens is 494 g/mol. The minimum atomic E-state index is -0.302. The van der Waals surface area contributed by atoms with Crippen LogP contribution < -0.4 is 5.62 Å². The summed E-state index contributed by atoms with van der Waals surface area (Å²) in [5.74, 6) is 0.190. The van der Waals surface area contributed by atoms with Crippen molar-refractivity contribution in [1.29, 1.82) is 5.41 Å². The largest absolute Gasteiger partial charge is 0.507 e. The van der Waals surface area contributed by atoms with Crippen molar-refractivity contribution in [1.82, 2.24) is 9.13 Å². The molecule has 0 amide bonds. The fourth-order valence-electron chi connectivity index (χ4n) is 4.28.